The van der Waals surface area contributed by atoms with Crippen molar-refractivity contribution in [3.63, 3.8) is 0 Å². The topological polar surface area (TPSA) is 49.3 Å². The van der Waals surface area contributed by atoms with Gasteiger partial charge in [0.2, 0.25) is 0 Å². The number of halogens is 1. The molecule has 122 valence electrons. The number of benzene rings is 1. The smallest absolute Gasteiger partial charge is 0.191 e. The maximum absolute atomic E-state index is 13.6. The predicted molar refractivity (Wildman–Crippen MR) is 91.9 cm³/mol. The quantitative estimate of drug-likeness (QED) is 0.637. The van der Waals surface area contributed by atoms with E-state index in [4.69, 9.17) is 0 Å². The number of aliphatic imine (C=N–C) groups is 1. The van der Waals surface area contributed by atoms with Gasteiger partial charge in [0, 0.05) is 31.0 Å². The number of hydrogen-bond donors (Lipinski definition) is 2. The summed E-state index contributed by atoms with van der Waals surface area (Å²) in [6, 6.07) is 8.74. The molecule has 0 saturated carbocycles. The fraction of sp³-hybridized carbons (Fsp3) is 0.333. The van der Waals surface area contributed by atoms with Crippen LogP contribution in [0.2, 0.25) is 0 Å². The second-order valence-electron chi connectivity index (χ2n) is 5.27. The average molecular weight is 314 g/mol. The van der Waals surface area contributed by atoms with Crippen LogP contribution in [-0.4, -0.2) is 24.0 Å². The molecule has 2 N–H and O–H groups in total. The summed E-state index contributed by atoms with van der Waals surface area (Å²) in [7, 11) is 0. The number of aromatic nitrogens is 1. The number of nitrogens with zero attached hydrogens (tertiary/aromatic N) is 2. The van der Waals surface area contributed by atoms with Crippen LogP contribution in [0.15, 0.2) is 47.7 Å². The van der Waals surface area contributed by atoms with Crippen LogP contribution in [0.25, 0.3) is 0 Å². The van der Waals surface area contributed by atoms with Crippen molar-refractivity contribution in [2.75, 3.05) is 13.1 Å². The first-order valence-electron chi connectivity index (χ1n) is 7.85. The summed E-state index contributed by atoms with van der Waals surface area (Å²) < 4.78 is 13.6. The van der Waals surface area contributed by atoms with Gasteiger partial charge < -0.3 is 10.6 Å². The Morgan fingerprint density at radius 2 is 2.00 bits per heavy atom. The van der Waals surface area contributed by atoms with E-state index in [1.807, 2.05) is 25.3 Å². The van der Waals surface area contributed by atoms with Crippen molar-refractivity contribution < 1.29 is 4.39 Å². The van der Waals surface area contributed by atoms with Crippen molar-refractivity contribution in [1.29, 1.82) is 0 Å². The molecule has 4 nitrogen and oxygen atoms in total. The van der Waals surface area contributed by atoms with Crippen LogP contribution in [0, 0.1) is 12.7 Å². The fourth-order valence-electron chi connectivity index (χ4n) is 2.23. The highest BCUT2D eigenvalue weighted by atomic mass is 19.1. The molecule has 2 rings (SSSR count). The lowest BCUT2D eigenvalue weighted by molar-refractivity contribution is 0.610. The van der Waals surface area contributed by atoms with Crippen molar-refractivity contribution in [2.24, 2.45) is 4.99 Å². The summed E-state index contributed by atoms with van der Waals surface area (Å²) >= 11 is 0. The van der Waals surface area contributed by atoms with E-state index in [0.29, 0.717) is 18.1 Å². The lowest BCUT2D eigenvalue weighted by Crippen LogP contribution is -2.38. The molecule has 0 radical (unpaired) electrons. The highest BCUT2D eigenvalue weighted by Gasteiger charge is 2.02. The van der Waals surface area contributed by atoms with Crippen molar-refractivity contribution in [3.8, 4) is 0 Å². The van der Waals surface area contributed by atoms with E-state index in [0.717, 1.165) is 19.5 Å². The third-order valence-corrected chi connectivity index (χ3v) is 3.53. The Bertz CT molecular complexity index is 655. The van der Waals surface area contributed by atoms with Gasteiger partial charge in [-0.05, 0) is 43.5 Å². The molecule has 1 aromatic carbocycles. The first-order valence-corrected chi connectivity index (χ1v) is 7.85. The van der Waals surface area contributed by atoms with E-state index in [2.05, 4.69) is 27.5 Å². The van der Waals surface area contributed by atoms with E-state index < -0.39 is 0 Å². The molecule has 0 fully saturated rings. The highest BCUT2D eigenvalue weighted by molar-refractivity contribution is 5.79. The molecule has 23 heavy (non-hydrogen) atoms. The van der Waals surface area contributed by atoms with Gasteiger partial charge in [-0.15, -0.1) is 0 Å². The van der Waals surface area contributed by atoms with E-state index in [1.165, 1.54) is 17.2 Å². The largest absolute Gasteiger partial charge is 0.357 e. The van der Waals surface area contributed by atoms with Gasteiger partial charge in [0.05, 0.1) is 6.54 Å². The molecule has 0 aliphatic heterocycles. The Morgan fingerprint density at radius 3 is 2.74 bits per heavy atom. The molecule has 0 amide bonds. The third kappa shape index (κ3) is 5.36. The van der Waals surface area contributed by atoms with Gasteiger partial charge in [0.15, 0.2) is 5.96 Å². The van der Waals surface area contributed by atoms with E-state index in [9.17, 15) is 4.39 Å². The van der Waals surface area contributed by atoms with Gasteiger partial charge in [-0.1, -0.05) is 18.2 Å². The third-order valence-electron chi connectivity index (χ3n) is 3.53. The SMILES string of the molecule is CCNC(=NCc1ccccc1F)NCCc1ccncc1C. The van der Waals surface area contributed by atoms with Crippen LogP contribution < -0.4 is 10.6 Å². The lowest BCUT2D eigenvalue weighted by Gasteiger charge is -2.12. The minimum Gasteiger partial charge on any atom is -0.357 e. The van der Waals surface area contributed by atoms with Crippen LogP contribution in [0.4, 0.5) is 4.39 Å². The molecule has 0 atom stereocenters. The summed E-state index contributed by atoms with van der Waals surface area (Å²) in [5, 5.41) is 6.46. The van der Waals surface area contributed by atoms with Crippen molar-refractivity contribution in [3.05, 3.63) is 65.2 Å². The summed E-state index contributed by atoms with van der Waals surface area (Å²) in [5.74, 6) is 0.474. The summed E-state index contributed by atoms with van der Waals surface area (Å²) in [6.45, 7) is 5.90. The molecule has 0 bridgehead atoms. The lowest BCUT2D eigenvalue weighted by atomic mass is 10.1. The second kappa shape index (κ2) is 8.88. The van der Waals surface area contributed by atoms with Gasteiger partial charge >= 0.3 is 0 Å². The monoisotopic (exact) mass is 314 g/mol. The fourth-order valence-corrected chi connectivity index (χ4v) is 2.23. The Balaban J connectivity index is 1.92. The van der Waals surface area contributed by atoms with Crippen LogP contribution in [0.1, 0.15) is 23.6 Å². The van der Waals surface area contributed by atoms with Crippen molar-refractivity contribution >= 4 is 5.96 Å². The molecule has 5 heteroatoms. The zero-order valence-electron chi connectivity index (χ0n) is 13.6. The minimum atomic E-state index is -0.223. The zero-order valence-corrected chi connectivity index (χ0v) is 13.6. The number of pyridine rings is 1. The first-order chi connectivity index (χ1) is 11.2. The number of guanidine groups is 1. The van der Waals surface area contributed by atoms with Crippen molar-refractivity contribution in [1.82, 2.24) is 15.6 Å². The van der Waals surface area contributed by atoms with Crippen molar-refractivity contribution in [2.45, 2.75) is 26.8 Å². The maximum Gasteiger partial charge on any atom is 0.191 e. The molecule has 1 heterocycles. The molecule has 0 spiro atoms. The van der Waals surface area contributed by atoms with Gasteiger partial charge in [-0.2, -0.15) is 0 Å². The number of nitrogens with one attached hydrogen (secondary N) is 2. The first kappa shape index (κ1) is 16.9. The standard InChI is InChI=1S/C18H23FN4/c1-3-21-18(23-13-16-6-4-5-7-17(16)19)22-11-9-15-8-10-20-12-14(15)2/h4-8,10,12H,3,9,11,13H2,1-2H3,(H2,21,22,23). The Hall–Kier alpha value is -2.43. The average Bonchev–Trinajstić information content (AvgIpc) is 2.55. The summed E-state index contributed by atoms with van der Waals surface area (Å²) in [5.41, 5.74) is 3.04. The normalized spacial score (nSPS) is 11.3. The van der Waals surface area contributed by atoms with Gasteiger partial charge in [0.1, 0.15) is 5.82 Å². The zero-order chi connectivity index (χ0) is 16.5. The molecular weight excluding hydrogens is 291 g/mol. The minimum absolute atomic E-state index is 0.223. The van der Waals surface area contributed by atoms with Crippen LogP contribution >= 0.6 is 0 Å². The van der Waals surface area contributed by atoms with Crippen LogP contribution in [-0.2, 0) is 13.0 Å². The Kier molecular flexibility index (Phi) is 6.54. The van der Waals surface area contributed by atoms with Gasteiger partial charge in [-0.25, -0.2) is 9.38 Å². The second-order valence-corrected chi connectivity index (χ2v) is 5.27. The molecule has 0 saturated heterocycles. The molecule has 1 aromatic heterocycles. The molecular formula is C18H23FN4. The number of rotatable bonds is 6. The molecule has 0 aliphatic rings. The Labute approximate surface area is 136 Å². The summed E-state index contributed by atoms with van der Waals surface area (Å²) in [6.07, 6.45) is 4.56. The van der Waals surface area contributed by atoms with E-state index in [1.54, 1.807) is 18.3 Å². The Morgan fingerprint density at radius 1 is 1.17 bits per heavy atom. The van der Waals surface area contributed by atoms with Crippen LogP contribution in [0.5, 0.6) is 0 Å². The molecule has 0 aliphatic carbocycles. The molecule has 2 aromatic rings. The summed E-state index contributed by atoms with van der Waals surface area (Å²) in [4.78, 5) is 8.54. The van der Waals surface area contributed by atoms with E-state index >= 15 is 0 Å². The van der Waals surface area contributed by atoms with Gasteiger partial charge in [0.25, 0.3) is 0 Å². The predicted octanol–water partition coefficient (Wildman–Crippen LogP) is 2.83. The van der Waals surface area contributed by atoms with E-state index in [-0.39, 0.29) is 5.82 Å². The number of hydrogen-bond acceptors (Lipinski definition) is 2. The van der Waals surface area contributed by atoms with Crippen LogP contribution in [0.3, 0.4) is 0 Å². The van der Waals surface area contributed by atoms with Gasteiger partial charge in [-0.3, -0.25) is 4.98 Å². The molecule has 0 unspecified atom stereocenters. The number of aryl methyl sites for hydroxylation is 1. The highest BCUT2D eigenvalue weighted by Crippen LogP contribution is 2.07. The maximum atomic E-state index is 13.6.